The van der Waals surface area contributed by atoms with Crippen molar-refractivity contribution in [3.63, 3.8) is 0 Å². The Morgan fingerprint density at radius 2 is 2.00 bits per heavy atom. The average Bonchev–Trinajstić information content (AvgIpc) is 2.25. The van der Waals surface area contributed by atoms with Crippen molar-refractivity contribution >= 4 is 17.5 Å². The fourth-order valence-corrected chi connectivity index (χ4v) is 2.95. The average molecular weight is 244 g/mol. The van der Waals surface area contributed by atoms with Crippen molar-refractivity contribution in [3.8, 4) is 0 Å². The van der Waals surface area contributed by atoms with Gasteiger partial charge in [0, 0.05) is 11.5 Å². The topological polar surface area (TPSA) is 29.5 Å². The second-order valence-corrected chi connectivity index (χ2v) is 5.96. The lowest BCUT2D eigenvalue weighted by atomic mass is 9.98. The summed E-state index contributed by atoms with van der Waals surface area (Å²) < 4.78 is 5.96. The molecule has 0 aromatic rings. The highest BCUT2D eigenvalue weighted by atomic mass is 35.5. The molecule has 0 radical (unpaired) electrons. The molecule has 2 aliphatic rings. The van der Waals surface area contributed by atoms with Crippen molar-refractivity contribution in [1.29, 1.82) is 0 Å². The van der Waals surface area contributed by atoms with Gasteiger partial charge in [0.1, 0.15) is 5.72 Å². The molecule has 3 nitrogen and oxygen atoms in total. The summed E-state index contributed by atoms with van der Waals surface area (Å²) in [6, 6.07) is -0.0648. The summed E-state index contributed by atoms with van der Waals surface area (Å²) in [5, 5.41) is 0.759. The zero-order valence-electron chi connectivity index (χ0n) is 10.2. The first-order valence-corrected chi connectivity index (χ1v) is 6.00. The van der Waals surface area contributed by atoms with E-state index in [1.54, 1.807) is 0 Å². The highest BCUT2D eigenvalue weighted by Crippen LogP contribution is 2.42. The van der Waals surface area contributed by atoms with Crippen LogP contribution in [0.5, 0.6) is 0 Å². The largest absolute Gasteiger partial charge is 0.348 e. The summed E-state index contributed by atoms with van der Waals surface area (Å²) in [6.07, 6.45) is 3.06. The van der Waals surface area contributed by atoms with Gasteiger partial charge in [-0.2, -0.15) is 0 Å². The van der Waals surface area contributed by atoms with Crippen molar-refractivity contribution in [3.05, 3.63) is 11.1 Å². The highest BCUT2D eigenvalue weighted by molar-refractivity contribution is 6.29. The van der Waals surface area contributed by atoms with Crippen LogP contribution < -0.4 is 0 Å². The lowest BCUT2D eigenvalue weighted by Gasteiger charge is -2.31. The molecule has 0 unspecified atom stereocenters. The van der Waals surface area contributed by atoms with Crippen LogP contribution in [0.4, 0.5) is 0 Å². The second-order valence-electron chi connectivity index (χ2n) is 5.47. The van der Waals surface area contributed by atoms with Crippen LogP contribution >= 0.6 is 11.6 Å². The standard InChI is InChI=1S/C12H18ClNO2/c1-11(2)9-7-8(13)5-6-10(15)14(9)12(3,4)16-11/h7,9H,5-6H2,1-4H3/t9-/m0/s1. The van der Waals surface area contributed by atoms with Gasteiger partial charge in [-0.05, 0) is 40.2 Å². The van der Waals surface area contributed by atoms with E-state index < -0.39 is 5.72 Å². The Bertz CT molecular complexity index is 360. The number of hydrogen-bond donors (Lipinski definition) is 0. The summed E-state index contributed by atoms with van der Waals surface area (Å²) >= 11 is 6.10. The lowest BCUT2D eigenvalue weighted by Crippen LogP contribution is -2.47. The summed E-state index contributed by atoms with van der Waals surface area (Å²) in [5.41, 5.74) is -0.938. The van der Waals surface area contributed by atoms with Crippen molar-refractivity contribution in [2.45, 2.75) is 57.9 Å². The molecule has 1 fully saturated rings. The molecule has 0 saturated carbocycles. The number of carbonyl (C=O) groups is 1. The Morgan fingerprint density at radius 3 is 2.62 bits per heavy atom. The van der Waals surface area contributed by atoms with E-state index in [-0.39, 0.29) is 17.6 Å². The van der Waals surface area contributed by atoms with Crippen LogP contribution in [-0.4, -0.2) is 28.2 Å². The van der Waals surface area contributed by atoms with Crippen LogP contribution in [0.1, 0.15) is 40.5 Å². The molecule has 2 rings (SSSR count). The number of allylic oxidation sites excluding steroid dienone is 1. The van der Waals surface area contributed by atoms with Gasteiger partial charge in [-0.3, -0.25) is 4.79 Å². The van der Waals surface area contributed by atoms with Crippen LogP contribution in [-0.2, 0) is 9.53 Å². The highest BCUT2D eigenvalue weighted by Gasteiger charge is 2.53. The molecule has 1 amide bonds. The predicted molar refractivity (Wildman–Crippen MR) is 63.0 cm³/mol. The van der Waals surface area contributed by atoms with Crippen molar-refractivity contribution in [2.24, 2.45) is 0 Å². The molecular weight excluding hydrogens is 226 g/mol. The summed E-state index contributed by atoms with van der Waals surface area (Å²) in [6.45, 7) is 7.86. The van der Waals surface area contributed by atoms with Gasteiger partial charge in [0.05, 0.1) is 11.6 Å². The fourth-order valence-electron chi connectivity index (χ4n) is 2.73. The van der Waals surface area contributed by atoms with Crippen LogP contribution in [0.3, 0.4) is 0 Å². The second kappa shape index (κ2) is 3.47. The van der Waals surface area contributed by atoms with Gasteiger partial charge in [-0.15, -0.1) is 0 Å². The SMILES string of the molecule is CC1(C)OC(C)(C)N2C(=O)CCC(Cl)=C[C@H]21. The van der Waals surface area contributed by atoms with Crippen molar-refractivity contribution in [1.82, 2.24) is 4.90 Å². The molecule has 2 heterocycles. The number of hydrogen-bond acceptors (Lipinski definition) is 2. The number of ether oxygens (including phenoxy) is 1. The summed E-state index contributed by atoms with van der Waals surface area (Å²) in [5.74, 6) is 0.118. The minimum atomic E-state index is -0.552. The zero-order valence-corrected chi connectivity index (χ0v) is 11.0. The molecule has 0 bridgehead atoms. The van der Waals surface area contributed by atoms with Crippen LogP contribution in [0.15, 0.2) is 11.1 Å². The van der Waals surface area contributed by atoms with E-state index in [1.165, 1.54) is 0 Å². The Morgan fingerprint density at radius 1 is 1.38 bits per heavy atom. The van der Waals surface area contributed by atoms with Crippen LogP contribution in [0.2, 0.25) is 0 Å². The number of carbonyl (C=O) groups excluding carboxylic acids is 1. The number of nitrogens with zero attached hydrogens (tertiary/aromatic N) is 1. The third kappa shape index (κ3) is 1.76. The lowest BCUT2D eigenvalue weighted by molar-refractivity contribution is -0.149. The predicted octanol–water partition coefficient (Wildman–Crippen LogP) is 2.65. The number of halogens is 1. The number of fused-ring (bicyclic) bond motifs is 1. The first kappa shape index (κ1) is 11.9. The van der Waals surface area contributed by atoms with Gasteiger partial charge in [0.2, 0.25) is 5.91 Å². The first-order valence-electron chi connectivity index (χ1n) is 5.62. The van der Waals surface area contributed by atoms with E-state index in [4.69, 9.17) is 16.3 Å². The van der Waals surface area contributed by atoms with Crippen LogP contribution in [0.25, 0.3) is 0 Å². The normalized spacial score (nSPS) is 32.1. The Kier molecular flexibility index (Phi) is 2.59. The minimum Gasteiger partial charge on any atom is -0.348 e. The van der Waals surface area contributed by atoms with Crippen molar-refractivity contribution in [2.75, 3.05) is 0 Å². The first-order chi connectivity index (χ1) is 7.24. The van der Waals surface area contributed by atoms with Gasteiger partial charge >= 0.3 is 0 Å². The quantitative estimate of drug-likeness (QED) is 0.655. The Labute approximate surface area is 101 Å². The van der Waals surface area contributed by atoms with E-state index >= 15 is 0 Å². The Balaban J connectivity index is 2.47. The maximum absolute atomic E-state index is 12.1. The van der Waals surface area contributed by atoms with Gasteiger partial charge < -0.3 is 9.64 Å². The molecule has 90 valence electrons. The monoisotopic (exact) mass is 243 g/mol. The van der Waals surface area contributed by atoms with Gasteiger partial charge in [-0.25, -0.2) is 0 Å². The minimum absolute atomic E-state index is 0.0648. The van der Waals surface area contributed by atoms with E-state index in [0.29, 0.717) is 12.8 Å². The molecular formula is C12H18ClNO2. The number of rotatable bonds is 0. The van der Waals surface area contributed by atoms with Crippen LogP contribution in [0, 0.1) is 0 Å². The molecule has 2 aliphatic heterocycles. The molecule has 0 spiro atoms. The molecule has 0 aliphatic carbocycles. The molecule has 0 aromatic heterocycles. The Hall–Kier alpha value is -0.540. The molecule has 0 N–H and O–H groups in total. The van der Waals surface area contributed by atoms with E-state index in [9.17, 15) is 4.79 Å². The molecule has 4 heteroatoms. The summed E-state index contributed by atoms with van der Waals surface area (Å²) in [4.78, 5) is 13.9. The fraction of sp³-hybridized carbons (Fsp3) is 0.750. The van der Waals surface area contributed by atoms with Crippen molar-refractivity contribution < 1.29 is 9.53 Å². The molecule has 0 aromatic carbocycles. The molecule has 1 saturated heterocycles. The summed E-state index contributed by atoms with van der Waals surface area (Å²) in [7, 11) is 0. The zero-order chi connectivity index (χ0) is 12.1. The van der Waals surface area contributed by atoms with Gasteiger partial charge in [-0.1, -0.05) is 11.6 Å². The third-order valence-electron chi connectivity index (χ3n) is 3.27. The van der Waals surface area contributed by atoms with E-state index in [1.807, 2.05) is 38.7 Å². The molecule has 16 heavy (non-hydrogen) atoms. The molecule has 1 atom stereocenters. The van der Waals surface area contributed by atoms with E-state index in [2.05, 4.69) is 0 Å². The van der Waals surface area contributed by atoms with Gasteiger partial charge in [0.25, 0.3) is 0 Å². The smallest absolute Gasteiger partial charge is 0.225 e. The van der Waals surface area contributed by atoms with Gasteiger partial charge in [0.15, 0.2) is 0 Å². The maximum Gasteiger partial charge on any atom is 0.225 e. The third-order valence-corrected chi connectivity index (χ3v) is 3.58. The number of amides is 1. The maximum atomic E-state index is 12.1. The van der Waals surface area contributed by atoms with E-state index in [0.717, 1.165) is 5.03 Å².